The lowest BCUT2D eigenvalue weighted by atomic mass is 9.96. The average molecular weight is 247 g/mol. The summed E-state index contributed by atoms with van der Waals surface area (Å²) < 4.78 is 4.89. The van der Waals surface area contributed by atoms with Gasteiger partial charge in [-0.05, 0) is 31.9 Å². The minimum atomic E-state index is -0.660. The number of ether oxygens (including phenoxy) is 1. The molecule has 0 bridgehead atoms. The van der Waals surface area contributed by atoms with Gasteiger partial charge >= 0.3 is 5.97 Å². The lowest BCUT2D eigenvalue weighted by molar-refractivity contribution is -0.134. The number of oxime groups is 1. The lowest BCUT2D eigenvalue weighted by Gasteiger charge is -2.11. The summed E-state index contributed by atoms with van der Waals surface area (Å²) in [5.41, 5.74) is 3.36. The van der Waals surface area contributed by atoms with E-state index < -0.39 is 5.97 Å². The molecule has 0 heterocycles. The molecule has 1 aromatic carbocycles. The highest BCUT2D eigenvalue weighted by Gasteiger charge is 2.20. The van der Waals surface area contributed by atoms with Gasteiger partial charge < -0.3 is 9.94 Å². The van der Waals surface area contributed by atoms with E-state index in [4.69, 9.17) is 9.94 Å². The van der Waals surface area contributed by atoms with Crippen molar-refractivity contribution in [3.63, 3.8) is 0 Å². The van der Waals surface area contributed by atoms with E-state index in [-0.39, 0.29) is 12.3 Å². The van der Waals surface area contributed by atoms with Crippen molar-refractivity contribution in [3.8, 4) is 0 Å². The van der Waals surface area contributed by atoms with E-state index in [2.05, 4.69) is 11.7 Å². The van der Waals surface area contributed by atoms with E-state index in [1.807, 2.05) is 32.9 Å². The molecule has 0 unspecified atom stereocenters. The molecule has 18 heavy (non-hydrogen) atoms. The maximum absolute atomic E-state index is 11.8. The largest absolute Gasteiger partial charge is 0.457 e. The van der Waals surface area contributed by atoms with Gasteiger partial charge in [0.1, 0.15) is 6.61 Å². The fraction of sp³-hybridized carbons (Fsp3) is 0.286. The highest BCUT2D eigenvalue weighted by atomic mass is 16.5. The zero-order valence-electron chi connectivity index (χ0n) is 10.9. The van der Waals surface area contributed by atoms with Crippen LogP contribution in [0.25, 0.3) is 0 Å². The first-order valence-corrected chi connectivity index (χ1v) is 5.59. The first-order chi connectivity index (χ1) is 8.51. The van der Waals surface area contributed by atoms with Crippen LogP contribution in [0.5, 0.6) is 0 Å². The van der Waals surface area contributed by atoms with Crippen LogP contribution in [-0.4, -0.2) is 23.5 Å². The van der Waals surface area contributed by atoms with Crippen LogP contribution in [0.3, 0.4) is 0 Å². The molecule has 1 N–H and O–H groups in total. The number of benzene rings is 1. The molecule has 0 saturated heterocycles. The Morgan fingerprint density at radius 1 is 1.39 bits per heavy atom. The van der Waals surface area contributed by atoms with Gasteiger partial charge in [-0.2, -0.15) is 0 Å². The number of aryl methyl sites for hydroxylation is 3. The zero-order valence-corrected chi connectivity index (χ0v) is 10.9. The van der Waals surface area contributed by atoms with Crippen molar-refractivity contribution in [2.75, 3.05) is 6.61 Å². The van der Waals surface area contributed by atoms with Crippen molar-refractivity contribution in [2.24, 2.45) is 5.16 Å². The molecular weight excluding hydrogens is 230 g/mol. The third-order valence-corrected chi connectivity index (χ3v) is 2.54. The standard InChI is InChI=1S/C14H17NO3/c1-5-6-18-14(16)13(15-17)12-10(3)7-9(2)8-11(12)4/h5,7-8,17H,1,6H2,2-4H3/b15-13-. The molecule has 0 fully saturated rings. The molecular formula is C14H17NO3. The SMILES string of the molecule is C=CCOC(=O)/C(=N\O)c1c(C)cc(C)cc1C. The second kappa shape index (κ2) is 6.00. The maximum atomic E-state index is 11.8. The number of hydrogen-bond donors (Lipinski definition) is 1. The smallest absolute Gasteiger partial charge is 0.361 e. The van der Waals surface area contributed by atoms with Crippen molar-refractivity contribution in [1.29, 1.82) is 0 Å². The maximum Gasteiger partial charge on any atom is 0.361 e. The average Bonchev–Trinajstić information content (AvgIpc) is 2.30. The van der Waals surface area contributed by atoms with Crippen LogP contribution in [0.2, 0.25) is 0 Å². The van der Waals surface area contributed by atoms with Gasteiger partial charge in [0, 0.05) is 5.56 Å². The fourth-order valence-electron chi connectivity index (χ4n) is 1.95. The summed E-state index contributed by atoms with van der Waals surface area (Å²) in [7, 11) is 0. The van der Waals surface area contributed by atoms with E-state index in [1.54, 1.807) is 0 Å². The Morgan fingerprint density at radius 2 is 1.94 bits per heavy atom. The zero-order chi connectivity index (χ0) is 13.7. The topological polar surface area (TPSA) is 58.9 Å². The van der Waals surface area contributed by atoms with E-state index in [9.17, 15) is 4.79 Å². The summed E-state index contributed by atoms with van der Waals surface area (Å²) in [5.74, 6) is -0.660. The molecule has 0 radical (unpaired) electrons. The van der Waals surface area contributed by atoms with Gasteiger partial charge in [-0.15, -0.1) is 0 Å². The molecule has 4 nitrogen and oxygen atoms in total. The molecule has 1 aromatic rings. The lowest BCUT2D eigenvalue weighted by Crippen LogP contribution is -2.21. The Balaban J connectivity index is 3.18. The van der Waals surface area contributed by atoms with E-state index in [1.165, 1.54) is 6.08 Å². The summed E-state index contributed by atoms with van der Waals surface area (Å²) in [6.45, 7) is 9.24. The summed E-state index contributed by atoms with van der Waals surface area (Å²) in [6, 6.07) is 3.85. The molecule has 0 amide bonds. The molecule has 0 atom stereocenters. The predicted octanol–water partition coefficient (Wildman–Crippen LogP) is 2.52. The van der Waals surface area contributed by atoms with E-state index in [0.717, 1.165) is 16.7 Å². The number of esters is 1. The molecule has 0 saturated carbocycles. The van der Waals surface area contributed by atoms with Gasteiger partial charge in [-0.1, -0.05) is 35.5 Å². The number of carbonyl (C=O) groups excluding carboxylic acids is 1. The van der Waals surface area contributed by atoms with Crippen LogP contribution in [-0.2, 0) is 9.53 Å². The van der Waals surface area contributed by atoms with Crippen LogP contribution >= 0.6 is 0 Å². The van der Waals surface area contributed by atoms with Crippen LogP contribution in [0.4, 0.5) is 0 Å². The number of rotatable bonds is 4. The number of hydrogen-bond acceptors (Lipinski definition) is 4. The summed E-state index contributed by atoms with van der Waals surface area (Å²) >= 11 is 0. The van der Waals surface area contributed by atoms with Crippen LogP contribution < -0.4 is 0 Å². The molecule has 4 heteroatoms. The Labute approximate surface area is 107 Å². The minimum absolute atomic E-state index is 0.0770. The van der Waals surface area contributed by atoms with E-state index in [0.29, 0.717) is 5.56 Å². The van der Waals surface area contributed by atoms with Crippen molar-refractivity contribution in [2.45, 2.75) is 20.8 Å². The van der Waals surface area contributed by atoms with Crippen molar-refractivity contribution in [3.05, 3.63) is 47.0 Å². The summed E-state index contributed by atoms with van der Waals surface area (Å²) in [4.78, 5) is 11.8. The third-order valence-electron chi connectivity index (χ3n) is 2.54. The quantitative estimate of drug-likeness (QED) is 0.292. The highest BCUT2D eigenvalue weighted by Crippen LogP contribution is 2.18. The summed E-state index contributed by atoms with van der Waals surface area (Å²) in [5, 5.41) is 12.1. The Hall–Kier alpha value is -2.10. The van der Waals surface area contributed by atoms with Gasteiger partial charge in [0.15, 0.2) is 5.71 Å². The first kappa shape index (κ1) is 14.0. The third kappa shape index (κ3) is 2.97. The molecule has 1 rings (SSSR count). The fourth-order valence-corrected chi connectivity index (χ4v) is 1.95. The van der Waals surface area contributed by atoms with Crippen LogP contribution in [0, 0.1) is 20.8 Å². The van der Waals surface area contributed by atoms with Gasteiger partial charge in [-0.25, -0.2) is 4.79 Å². The molecule has 0 aliphatic carbocycles. The number of nitrogens with zero attached hydrogens (tertiary/aromatic N) is 1. The van der Waals surface area contributed by atoms with Gasteiger partial charge in [0.05, 0.1) is 0 Å². The molecule has 0 aliphatic rings. The van der Waals surface area contributed by atoms with Gasteiger partial charge in [0.25, 0.3) is 0 Å². The Morgan fingerprint density at radius 3 is 2.39 bits per heavy atom. The molecule has 0 aromatic heterocycles. The second-order valence-electron chi connectivity index (χ2n) is 4.11. The summed E-state index contributed by atoms with van der Waals surface area (Å²) in [6.07, 6.45) is 1.46. The van der Waals surface area contributed by atoms with Crippen molar-refractivity contribution in [1.82, 2.24) is 0 Å². The normalized spacial score (nSPS) is 11.2. The molecule has 0 spiro atoms. The Kier molecular flexibility index (Phi) is 4.66. The van der Waals surface area contributed by atoms with Gasteiger partial charge in [0.2, 0.25) is 0 Å². The van der Waals surface area contributed by atoms with E-state index >= 15 is 0 Å². The molecule has 0 aliphatic heterocycles. The second-order valence-corrected chi connectivity index (χ2v) is 4.11. The Bertz CT molecular complexity index is 481. The monoisotopic (exact) mass is 247 g/mol. The highest BCUT2D eigenvalue weighted by molar-refractivity contribution is 6.43. The number of carbonyl (C=O) groups is 1. The van der Waals surface area contributed by atoms with Crippen molar-refractivity contribution < 1.29 is 14.7 Å². The van der Waals surface area contributed by atoms with Crippen LogP contribution in [0.1, 0.15) is 22.3 Å². The van der Waals surface area contributed by atoms with Crippen LogP contribution in [0.15, 0.2) is 29.9 Å². The minimum Gasteiger partial charge on any atom is -0.457 e. The molecule has 96 valence electrons. The first-order valence-electron chi connectivity index (χ1n) is 5.59. The van der Waals surface area contributed by atoms with Crippen molar-refractivity contribution >= 4 is 11.7 Å². The van der Waals surface area contributed by atoms with Gasteiger partial charge in [-0.3, -0.25) is 0 Å². The predicted molar refractivity (Wildman–Crippen MR) is 70.1 cm³/mol.